The van der Waals surface area contributed by atoms with Crippen molar-refractivity contribution in [1.82, 2.24) is 15.0 Å². The Labute approximate surface area is 83.7 Å². The van der Waals surface area contributed by atoms with Crippen LogP contribution in [0.1, 0.15) is 0 Å². The van der Waals surface area contributed by atoms with E-state index in [0.717, 1.165) is 0 Å². The molecule has 9 nitrogen and oxygen atoms in total. The molecule has 0 spiro atoms. The summed E-state index contributed by atoms with van der Waals surface area (Å²) < 4.78 is 0. The number of nitrogens with zero attached hydrogens (tertiary/aromatic N) is 7. The average Bonchev–Trinajstić information content (AvgIpc) is 2.19. The Morgan fingerprint density at radius 1 is 1.07 bits per heavy atom. The number of aliphatic imine (C=N–C) groups is 1. The van der Waals surface area contributed by atoms with Crippen molar-refractivity contribution in [2.24, 2.45) is 4.99 Å². The molecule has 0 saturated heterocycles. The number of nitriles is 2. The van der Waals surface area contributed by atoms with Gasteiger partial charge in [0.1, 0.15) is 0 Å². The lowest BCUT2D eigenvalue weighted by Gasteiger charge is -2.02. The molecule has 0 saturated carbocycles. The van der Waals surface area contributed by atoms with E-state index in [1.165, 1.54) is 6.01 Å². The van der Waals surface area contributed by atoms with Gasteiger partial charge in [0.2, 0.25) is 11.9 Å². The minimum Gasteiger partial charge on any atom is -0.422 e. The van der Waals surface area contributed by atoms with E-state index in [9.17, 15) is 0 Å². The molecule has 0 unspecified atom stereocenters. The molecule has 0 aromatic carbocycles. The first-order valence-corrected chi connectivity index (χ1v) is 3.46. The fraction of sp³-hybridized carbons (Fsp3) is 0. The Morgan fingerprint density at radius 2 is 1.60 bits per heavy atom. The maximum absolute atomic E-state index is 8.32. The van der Waals surface area contributed by atoms with Crippen LogP contribution in [0.25, 0.3) is 5.41 Å². The molecule has 9 heteroatoms. The zero-order chi connectivity index (χ0) is 11.1. The normalized spacial score (nSPS) is 7.87. The third kappa shape index (κ3) is 2.73. The van der Waals surface area contributed by atoms with Crippen molar-refractivity contribution in [3.63, 3.8) is 0 Å². The van der Waals surface area contributed by atoms with Crippen LogP contribution < -0.4 is 10.6 Å². The zero-order valence-corrected chi connectivity index (χ0v) is 7.13. The van der Waals surface area contributed by atoms with Crippen molar-refractivity contribution in [1.29, 1.82) is 10.5 Å². The number of hydrogen-bond acceptors (Lipinski definition) is 8. The van der Waals surface area contributed by atoms with Gasteiger partial charge in [0.05, 0.1) is 0 Å². The molecule has 0 aliphatic rings. The van der Waals surface area contributed by atoms with E-state index in [0.29, 0.717) is 0 Å². The van der Waals surface area contributed by atoms with Crippen LogP contribution in [-0.2, 0) is 0 Å². The maximum Gasteiger partial charge on any atom is 0.241 e. The fourth-order valence-electron chi connectivity index (χ4n) is 0.671. The number of anilines is 2. The van der Waals surface area contributed by atoms with E-state index >= 15 is 0 Å². The Morgan fingerprint density at radius 3 is 2.00 bits per heavy atom. The highest BCUT2D eigenvalue weighted by Crippen LogP contribution is 2.10. The van der Waals surface area contributed by atoms with Crippen LogP contribution in [0.15, 0.2) is 4.99 Å². The molecule has 0 radical (unpaired) electrons. The maximum atomic E-state index is 8.32. The van der Waals surface area contributed by atoms with Crippen LogP contribution in [0.4, 0.5) is 17.8 Å². The van der Waals surface area contributed by atoms with Crippen LogP contribution in [0, 0.1) is 22.9 Å². The van der Waals surface area contributed by atoms with Gasteiger partial charge >= 0.3 is 0 Å². The van der Waals surface area contributed by atoms with Gasteiger partial charge in [0, 0.05) is 0 Å². The van der Waals surface area contributed by atoms with Crippen LogP contribution in [0.2, 0.25) is 0 Å². The van der Waals surface area contributed by atoms with E-state index in [1.54, 1.807) is 12.4 Å². The summed E-state index contributed by atoms with van der Waals surface area (Å²) in [4.78, 5) is 14.1. The second-order valence-corrected chi connectivity index (χ2v) is 1.97. The van der Waals surface area contributed by atoms with Gasteiger partial charge < -0.3 is 10.4 Å². The van der Waals surface area contributed by atoms with Crippen molar-refractivity contribution in [2.45, 2.75) is 0 Å². The number of aromatic nitrogens is 3. The number of hydrogen-bond donors (Lipinski definition) is 2. The van der Waals surface area contributed by atoms with Crippen LogP contribution in [0.5, 0.6) is 0 Å². The summed E-state index contributed by atoms with van der Waals surface area (Å²) in [6.45, 7) is 0. The summed E-state index contributed by atoms with van der Waals surface area (Å²) in [5, 5.41) is 29.2. The highest BCUT2D eigenvalue weighted by molar-refractivity contribution is 5.52. The molecule has 0 atom stereocenters. The first-order valence-electron chi connectivity index (χ1n) is 3.46. The van der Waals surface area contributed by atoms with Gasteiger partial charge in [-0.2, -0.15) is 25.5 Å². The summed E-state index contributed by atoms with van der Waals surface area (Å²) in [5.41, 5.74) is 0. The molecule has 0 aliphatic carbocycles. The largest absolute Gasteiger partial charge is 0.422 e. The second kappa shape index (κ2) is 4.87. The molecule has 2 N–H and O–H groups in total. The van der Waals surface area contributed by atoms with Gasteiger partial charge in [-0.25, -0.2) is 0 Å². The molecule has 72 valence electrons. The molecule has 15 heavy (non-hydrogen) atoms. The molecule has 0 bridgehead atoms. The first-order chi connectivity index (χ1) is 7.30. The van der Waals surface area contributed by atoms with Crippen molar-refractivity contribution < 1.29 is 0 Å². The van der Waals surface area contributed by atoms with E-state index in [4.69, 9.17) is 15.9 Å². The van der Waals surface area contributed by atoms with E-state index < -0.39 is 0 Å². The Bertz CT molecular complexity index is 452. The monoisotopic (exact) mass is 200 g/mol. The van der Waals surface area contributed by atoms with Crippen molar-refractivity contribution in [3.8, 4) is 12.4 Å². The predicted molar refractivity (Wildman–Crippen MR) is 48.8 cm³/mol. The van der Waals surface area contributed by atoms with Crippen LogP contribution in [-0.4, -0.2) is 21.0 Å². The topological polar surface area (TPSA) is 145 Å². The third-order valence-electron chi connectivity index (χ3n) is 1.11. The van der Waals surface area contributed by atoms with Gasteiger partial charge in [-0.1, -0.05) is 0 Å². The smallest absolute Gasteiger partial charge is 0.241 e. The van der Waals surface area contributed by atoms with Crippen molar-refractivity contribution in [3.05, 3.63) is 5.41 Å². The van der Waals surface area contributed by atoms with Crippen LogP contribution in [0.3, 0.4) is 0 Å². The Kier molecular flexibility index (Phi) is 3.26. The summed E-state index contributed by atoms with van der Waals surface area (Å²) in [6.07, 6.45) is 3.17. The van der Waals surface area contributed by atoms with E-state index in [1.807, 2.05) is 0 Å². The number of nitrogens with one attached hydrogen (secondary N) is 2. The minimum absolute atomic E-state index is 0.0979. The number of rotatable bonds is 3. The van der Waals surface area contributed by atoms with E-state index in [2.05, 4.69) is 30.6 Å². The van der Waals surface area contributed by atoms with Crippen molar-refractivity contribution in [2.75, 3.05) is 10.6 Å². The highest BCUT2D eigenvalue weighted by Gasteiger charge is 2.01. The summed E-state index contributed by atoms with van der Waals surface area (Å²) in [5.74, 6) is -0.387. The molecule has 0 fully saturated rings. The highest BCUT2D eigenvalue weighted by atomic mass is 15.2. The van der Waals surface area contributed by atoms with Gasteiger partial charge in [-0.15, -0.1) is 6.01 Å². The minimum atomic E-state index is -0.192. The lowest BCUT2D eigenvalue weighted by Crippen LogP contribution is -2.02. The first kappa shape index (κ1) is 10.1. The lowest BCUT2D eigenvalue weighted by atomic mass is 10.8. The zero-order valence-electron chi connectivity index (χ0n) is 7.13. The summed E-state index contributed by atoms with van der Waals surface area (Å²) in [6, 6.07) is 1.47. The third-order valence-corrected chi connectivity index (χ3v) is 1.11. The Balaban J connectivity index is 3.15. The SMILES string of the molecule is N#CNc1nc(N=C=[N-])nc(NC#N)n1. The van der Waals surface area contributed by atoms with Crippen molar-refractivity contribution >= 4 is 23.9 Å². The Hall–Kier alpha value is -3.03. The predicted octanol–water partition coefficient (Wildman–Crippen LogP) is 0.0324. The van der Waals surface area contributed by atoms with Gasteiger partial charge in [0.25, 0.3) is 0 Å². The van der Waals surface area contributed by atoms with Gasteiger partial charge in [-0.3, -0.25) is 10.6 Å². The molecule has 1 rings (SSSR count). The lowest BCUT2D eigenvalue weighted by molar-refractivity contribution is 1.05. The average molecular weight is 200 g/mol. The molecule has 1 aromatic heterocycles. The van der Waals surface area contributed by atoms with E-state index in [-0.39, 0.29) is 17.8 Å². The molecule has 1 heterocycles. The quantitative estimate of drug-likeness (QED) is 0.397. The fourth-order valence-corrected chi connectivity index (χ4v) is 0.671. The molecular formula is C6H2N9-. The molecular weight excluding hydrogens is 198 g/mol. The van der Waals surface area contributed by atoms with Gasteiger partial charge in [-0.05, 0) is 0 Å². The van der Waals surface area contributed by atoms with Gasteiger partial charge in [0.15, 0.2) is 18.3 Å². The standard InChI is InChI=1S/C6H2N9/c7-1-10-4-13-5(11-2-8)15-6(14-4)12-3-9/h(H2,10,11,13,14,15)/q-1. The van der Waals surface area contributed by atoms with Crippen LogP contribution >= 0.6 is 0 Å². The molecule has 0 aliphatic heterocycles. The summed E-state index contributed by atoms with van der Waals surface area (Å²) in [7, 11) is 0. The molecule has 1 aromatic rings. The summed E-state index contributed by atoms with van der Waals surface area (Å²) >= 11 is 0. The second-order valence-electron chi connectivity index (χ2n) is 1.97. The molecule has 0 amide bonds.